The molecule has 7 nitrogen and oxygen atoms in total. The predicted molar refractivity (Wildman–Crippen MR) is 120 cm³/mol. The summed E-state index contributed by atoms with van der Waals surface area (Å²) < 4.78 is 44.6. The van der Waals surface area contributed by atoms with E-state index in [0.29, 0.717) is 30.4 Å². The fourth-order valence-corrected chi connectivity index (χ4v) is 3.87. The summed E-state index contributed by atoms with van der Waals surface area (Å²) >= 11 is 0. The van der Waals surface area contributed by atoms with Crippen LogP contribution >= 0.6 is 0 Å². The Morgan fingerprint density at radius 2 is 1.84 bits per heavy atom. The summed E-state index contributed by atoms with van der Waals surface area (Å²) in [5, 5.41) is 0. The molecule has 1 saturated carbocycles. The van der Waals surface area contributed by atoms with Crippen LogP contribution in [0.5, 0.6) is 17.2 Å². The number of aromatic nitrogens is 1. The second-order valence-electron chi connectivity index (χ2n) is 8.15. The number of hydrogen-bond acceptors (Lipinski definition) is 7. The molecule has 0 amide bonds. The van der Waals surface area contributed by atoms with Crippen LogP contribution in [0.15, 0.2) is 59.2 Å². The molecule has 170 valence electrons. The maximum absolute atomic E-state index is 11.2. The van der Waals surface area contributed by atoms with Gasteiger partial charge in [0.05, 0.1) is 24.7 Å². The van der Waals surface area contributed by atoms with Crippen LogP contribution in [0.2, 0.25) is 0 Å². The van der Waals surface area contributed by atoms with Crippen molar-refractivity contribution < 1.29 is 26.5 Å². The number of ether oxygens (including phenoxy) is 2. The third-order valence-electron chi connectivity index (χ3n) is 5.02. The lowest BCUT2D eigenvalue weighted by molar-refractivity contribution is 0.220. The van der Waals surface area contributed by atoms with Crippen LogP contribution < -0.4 is 9.47 Å². The Hall–Kier alpha value is -2.84. The molecule has 1 aromatic heterocycles. The highest BCUT2D eigenvalue weighted by molar-refractivity contribution is 7.86. The topological polar surface area (TPSA) is 87.9 Å². The smallest absolute Gasteiger partial charge is 0.264 e. The van der Waals surface area contributed by atoms with E-state index in [2.05, 4.69) is 4.98 Å². The molecule has 0 N–H and O–H groups in total. The fraction of sp³-hybridized carbons (Fsp3) is 0.375. The van der Waals surface area contributed by atoms with Gasteiger partial charge in [-0.1, -0.05) is 6.07 Å². The minimum Gasteiger partial charge on any atom is -0.493 e. The van der Waals surface area contributed by atoms with Gasteiger partial charge in [-0.3, -0.25) is 4.18 Å². The van der Waals surface area contributed by atoms with E-state index in [1.807, 2.05) is 48.5 Å². The van der Waals surface area contributed by atoms with Crippen molar-refractivity contribution in [1.29, 1.82) is 0 Å². The average Bonchev–Trinajstić information content (AvgIpc) is 3.46. The monoisotopic (exact) mass is 457 g/mol. The van der Waals surface area contributed by atoms with Crippen molar-refractivity contribution in [2.45, 2.75) is 38.7 Å². The molecule has 1 atom stereocenters. The zero-order chi connectivity index (χ0) is 22.6. The highest BCUT2D eigenvalue weighted by atomic mass is 32.2. The van der Waals surface area contributed by atoms with Gasteiger partial charge in [0.2, 0.25) is 5.89 Å². The number of aryl methyl sites for hydroxylation is 1. The summed E-state index contributed by atoms with van der Waals surface area (Å²) in [7, 11) is -3.46. The van der Waals surface area contributed by atoms with Crippen molar-refractivity contribution in [2.75, 3.05) is 12.9 Å². The maximum Gasteiger partial charge on any atom is 0.264 e. The molecule has 32 heavy (non-hydrogen) atoms. The van der Waals surface area contributed by atoms with E-state index >= 15 is 0 Å². The molecule has 0 saturated heterocycles. The Kier molecular flexibility index (Phi) is 6.81. The van der Waals surface area contributed by atoms with E-state index in [-0.39, 0.29) is 0 Å². The Labute approximate surface area is 188 Å². The molecule has 1 fully saturated rings. The molecule has 4 rings (SSSR count). The molecule has 1 aliphatic rings. The van der Waals surface area contributed by atoms with Gasteiger partial charge in [0.15, 0.2) is 0 Å². The van der Waals surface area contributed by atoms with E-state index in [1.54, 1.807) is 13.2 Å². The van der Waals surface area contributed by atoms with Gasteiger partial charge in [-0.2, -0.15) is 8.42 Å². The Bertz CT molecular complexity index is 1140. The molecular weight excluding hydrogens is 430 g/mol. The largest absolute Gasteiger partial charge is 0.493 e. The van der Waals surface area contributed by atoms with Crippen LogP contribution in [0.1, 0.15) is 31.9 Å². The summed E-state index contributed by atoms with van der Waals surface area (Å²) in [6.07, 6.45) is 5.80. The molecule has 3 aromatic rings. The number of nitrogens with zero attached hydrogens (tertiary/aromatic N) is 1. The Morgan fingerprint density at radius 1 is 1.09 bits per heavy atom. The van der Waals surface area contributed by atoms with Crippen LogP contribution in [0, 0.1) is 5.92 Å². The molecule has 2 aromatic carbocycles. The second-order valence-corrected chi connectivity index (χ2v) is 9.75. The maximum atomic E-state index is 11.2. The molecular formula is C24H27NO6S. The minimum absolute atomic E-state index is 0.417. The Balaban J connectivity index is 1.32. The predicted octanol–water partition coefficient (Wildman–Crippen LogP) is 5.22. The quantitative estimate of drug-likeness (QED) is 0.365. The first-order valence-electron chi connectivity index (χ1n) is 10.7. The van der Waals surface area contributed by atoms with Gasteiger partial charge in [0.1, 0.15) is 23.5 Å². The number of oxazole rings is 1. The van der Waals surface area contributed by atoms with Gasteiger partial charge in [0.25, 0.3) is 10.1 Å². The Morgan fingerprint density at radius 3 is 2.56 bits per heavy atom. The normalized spacial score (nSPS) is 14.8. The first-order chi connectivity index (χ1) is 15.3. The van der Waals surface area contributed by atoms with E-state index in [1.165, 1.54) is 12.8 Å². The molecule has 1 unspecified atom stereocenters. The van der Waals surface area contributed by atoms with Crippen molar-refractivity contribution in [3.05, 3.63) is 60.5 Å². The van der Waals surface area contributed by atoms with Crippen LogP contribution in [0.3, 0.4) is 0 Å². The fourth-order valence-electron chi connectivity index (χ4n) is 3.18. The van der Waals surface area contributed by atoms with Gasteiger partial charge in [-0.15, -0.1) is 0 Å². The van der Waals surface area contributed by atoms with Crippen molar-refractivity contribution >= 4 is 10.1 Å². The third kappa shape index (κ3) is 6.83. The van der Waals surface area contributed by atoms with Crippen LogP contribution in [0.25, 0.3) is 11.5 Å². The first kappa shape index (κ1) is 22.4. The summed E-state index contributed by atoms with van der Waals surface area (Å²) in [4.78, 5) is 4.48. The van der Waals surface area contributed by atoms with Gasteiger partial charge < -0.3 is 13.9 Å². The lowest BCUT2D eigenvalue weighted by atomic mass is 10.2. The second kappa shape index (κ2) is 9.75. The van der Waals surface area contributed by atoms with Crippen molar-refractivity contribution in [3.8, 4) is 28.7 Å². The minimum atomic E-state index is -3.46. The summed E-state index contributed by atoms with van der Waals surface area (Å²) in [5.41, 5.74) is 1.57. The number of benzene rings is 2. The van der Waals surface area contributed by atoms with Crippen LogP contribution in [-0.4, -0.2) is 32.4 Å². The molecule has 0 bridgehead atoms. The van der Waals surface area contributed by atoms with E-state index in [4.69, 9.17) is 18.1 Å². The molecule has 1 aliphatic carbocycles. The highest BCUT2D eigenvalue weighted by Gasteiger charge is 2.22. The van der Waals surface area contributed by atoms with E-state index in [0.717, 1.165) is 35.6 Å². The van der Waals surface area contributed by atoms with Gasteiger partial charge in [-0.05, 0) is 74.9 Å². The van der Waals surface area contributed by atoms with Gasteiger partial charge in [-0.25, -0.2) is 4.98 Å². The van der Waals surface area contributed by atoms with Crippen molar-refractivity contribution in [1.82, 2.24) is 4.98 Å². The third-order valence-corrected chi connectivity index (χ3v) is 5.70. The molecule has 8 heteroatoms. The van der Waals surface area contributed by atoms with Crippen LogP contribution in [0.4, 0.5) is 0 Å². The van der Waals surface area contributed by atoms with Gasteiger partial charge >= 0.3 is 0 Å². The standard InChI is InChI=1S/C24H27NO6S/c1-17(31-32(2,26)27)6-11-20-16-29-24(25-20)19-9-12-21(13-10-19)30-23-5-3-4-22(14-23)28-15-18-7-8-18/h3-5,9-10,12-14,16-18H,6-8,11,15H2,1-2H3. The highest BCUT2D eigenvalue weighted by Crippen LogP contribution is 2.31. The van der Waals surface area contributed by atoms with Crippen molar-refractivity contribution in [2.24, 2.45) is 5.92 Å². The average molecular weight is 458 g/mol. The first-order valence-corrected chi connectivity index (χ1v) is 12.5. The lowest BCUT2D eigenvalue weighted by Crippen LogP contribution is -2.14. The molecule has 0 spiro atoms. The summed E-state index contributed by atoms with van der Waals surface area (Å²) in [6, 6.07) is 15.1. The van der Waals surface area contributed by atoms with Crippen molar-refractivity contribution in [3.63, 3.8) is 0 Å². The SMILES string of the molecule is CC(CCc1coc(-c2ccc(Oc3cccc(OCC4CC4)c3)cc2)n1)OS(C)(=O)=O. The molecule has 0 radical (unpaired) electrons. The summed E-state index contributed by atoms with van der Waals surface area (Å²) in [5.74, 6) is 3.43. The van der Waals surface area contributed by atoms with Gasteiger partial charge in [0, 0.05) is 11.6 Å². The zero-order valence-corrected chi connectivity index (χ0v) is 19.0. The number of rotatable bonds is 11. The number of hydrogen-bond donors (Lipinski definition) is 0. The molecule has 1 heterocycles. The van der Waals surface area contributed by atoms with E-state index in [9.17, 15) is 8.42 Å². The lowest BCUT2D eigenvalue weighted by Gasteiger charge is -2.09. The summed E-state index contributed by atoms with van der Waals surface area (Å²) in [6.45, 7) is 2.48. The zero-order valence-electron chi connectivity index (χ0n) is 18.2. The van der Waals surface area contributed by atoms with E-state index < -0.39 is 16.2 Å². The van der Waals surface area contributed by atoms with Crippen LogP contribution in [-0.2, 0) is 20.7 Å². The molecule has 0 aliphatic heterocycles.